The Bertz CT molecular complexity index is 861. The molecule has 0 unspecified atom stereocenters. The topological polar surface area (TPSA) is 108 Å². The van der Waals surface area contributed by atoms with E-state index in [-0.39, 0.29) is 11.5 Å². The molecule has 24 heavy (non-hydrogen) atoms. The van der Waals surface area contributed by atoms with Crippen LogP contribution >= 0.6 is 0 Å². The minimum atomic E-state index is -0.433. The number of hydrogen-bond donors (Lipinski definition) is 2. The van der Waals surface area contributed by atoms with Gasteiger partial charge in [0.1, 0.15) is 5.75 Å². The summed E-state index contributed by atoms with van der Waals surface area (Å²) in [5, 5.41) is 6.93. The smallest absolute Gasteiger partial charge is 0.278 e. The zero-order valence-corrected chi connectivity index (χ0v) is 13.0. The highest BCUT2D eigenvalue weighted by Gasteiger charge is 2.13. The number of carbonyl (C=O) groups is 1. The zero-order chi connectivity index (χ0) is 16.9. The normalized spacial score (nSPS) is 10.4. The molecule has 0 saturated heterocycles. The van der Waals surface area contributed by atoms with Crippen LogP contribution in [0, 0.1) is 0 Å². The molecule has 8 nitrogen and oxygen atoms in total. The van der Waals surface area contributed by atoms with Crippen molar-refractivity contribution in [2.45, 2.75) is 6.54 Å². The molecule has 1 amide bonds. The third kappa shape index (κ3) is 3.32. The molecule has 8 heteroatoms. The lowest BCUT2D eigenvalue weighted by Crippen LogP contribution is -2.16. The Morgan fingerprint density at radius 2 is 2.08 bits per heavy atom. The predicted octanol–water partition coefficient (Wildman–Crippen LogP) is 1.56. The number of nitrogens with two attached hydrogens (primary N) is 1. The number of anilines is 2. The van der Waals surface area contributed by atoms with Crippen LogP contribution in [0.2, 0.25) is 0 Å². The van der Waals surface area contributed by atoms with Gasteiger partial charge >= 0.3 is 0 Å². The molecule has 0 aliphatic heterocycles. The number of hydrogen-bond acceptors (Lipinski definition) is 6. The summed E-state index contributed by atoms with van der Waals surface area (Å²) in [5.41, 5.74) is 7.25. The van der Waals surface area contributed by atoms with Crippen LogP contribution in [-0.4, -0.2) is 32.8 Å². The number of nitrogen functional groups attached to an aromatic ring is 1. The summed E-state index contributed by atoms with van der Waals surface area (Å²) in [4.78, 5) is 19.9. The van der Waals surface area contributed by atoms with Gasteiger partial charge in [0.25, 0.3) is 5.91 Å². The Labute approximate surface area is 138 Å². The molecule has 3 rings (SSSR count). The number of nitrogens with zero attached hydrogens (tertiary/aromatic N) is 4. The van der Waals surface area contributed by atoms with Gasteiger partial charge in [-0.2, -0.15) is 5.10 Å². The van der Waals surface area contributed by atoms with Crippen LogP contribution in [0.25, 0.3) is 0 Å². The van der Waals surface area contributed by atoms with E-state index in [0.29, 0.717) is 12.2 Å². The second-order valence-electron chi connectivity index (χ2n) is 4.98. The van der Waals surface area contributed by atoms with Crippen LogP contribution in [0.1, 0.15) is 16.1 Å². The molecular formula is C16H16N6O2. The second kappa shape index (κ2) is 6.78. The first-order valence-corrected chi connectivity index (χ1v) is 7.19. The largest absolute Gasteiger partial charge is 0.496 e. The van der Waals surface area contributed by atoms with Crippen molar-refractivity contribution in [1.29, 1.82) is 0 Å². The number of carbonyl (C=O) groups excluding carboxylic acids is 1. The summed E-state index contributed by atoms with van der Waals surface area (Å²) < 4.78 is 7.02. The lowest BCUT2D eigenvalue weighted by atomic mass is 10.2. The maximum absolute atomic E-state index is 12.2. The number of aromatic nitrogens is 4. The highest BCUT2D eigenvalue weighted by molar-refractivity contribution is 6.05. The quantitative estimate of drug-likeness (QED) is 0.737. The van der Waals surface area contributed by atoms with Crippen molar-refractivity contribution in [2.75, 3.05) is 18.2 Å². The molecule has 1 aromatic carbocycles. The number of benzene rings is 1. The zero-order valence-electron chi connectivity index (χ0n) is 13.0. The van der Waals surface area contributed by atoms with Gasteiger partial charge in [-0.15, -0.1) is 0 Å². The Kier molecular flexibility index (Phi) is 4.37. The van der Waals surface area contributed by atoms with Crippen molar-refractivity contribution < 1.29 is 9.53 Å². The minimum absolute atomic E-state index is 0.0787. The first kappa shape index (κ1) is 15.5. The maximum atomic E-state index is 12.2. The van der Waals surface area contributed by atoms with Crippen molar-refractivity contribution in [2.24, 2.45) is 0 Å². The number of ether oxygens (including phenoxy) is 1. The lowest BCUT2D eigenvalue weighted by molar-refractivity contribution is 0.102. The molecule has 122 valence electrons. The van der Waals surface area contributed by atoms with Crippen LogP contribution in [0.3, 0.4) is 0 Å². The van der Waals surface area contributed by atoms with Crippen LogP contribution in [0.4, 0.5) is 11.5 Å². The molecule has 3 aromatic rings. The highest BCUT2D eigenvalue weighted by atomic mass is 16.5. The van der Waals surface area contributed by atoms with Gasteiger partial charge in [0.05, 0.1) is 25.5 Å². The minimum Gasteiger partial charge on any atom is -0.496 e. The highest BCUT2D eigenvalue weighted by Crippen LogP contribution is 2.19. The van der Waals surface area contributed by atoms with Gasteiger partial charge in [-0.05, 0) is 6.07 Å². The molecule has 0 aliphatic rings. The van der Waals surface area contributed by atoms with Gasteiger partial charge in [-0.1, -0.05) is 18.2 Å². The first-order valence-electron chi connectivity index (χ1n) is 7.19. The molecule has 2 heterocycles. The summed E-state index contributed by atoms with van der Waals surface area (Å²) in [6, 6.07) is 7.68. The Balaban J connectivity index is 1.72. The fraction of sp³-hybridized carbons (Fsp3) is 0.125. The van der Waals surface area contributed by atoms with E-state index >= 15 is 0 Å². The van der Waals surface area contributed by atoms with E-state index in [1.807, 2.05) is 24.3 Å². The van der Waals surface area contributed by atoms with E-state index in [9.17, 15) is 4.79 Å². The predicted molar refractivity (Wildman–Crippen MR) is 88.7 cm³/mol. The fourth-order valence-corrected chi connectivity index (χ4v) is 2.24. The molecule has 0 bridgehead atoms. The Morgan fingerprint density at radius 1 is 1.29 bits per heavy atom. The van der Waals surface area contributed by atoms with E-state index in [2.05, 4.69) is 20.4 Å². The van der Waals surface area contributed by atoms with Crippen LogP contribution in [-0.2, 0) is 6.54 Å². The Hall–Kier alpha value is -3.42. The first-order chi connectivity index (χ1) is 11.7. The lowest BCUT2D eigenvalue weighted by Gasteiger charge is -2.07. The summed E-state index contributed by atoms with van der Waals surface area (Å²) in [6.07, 6.45) is 6.12. The molecule has 0 saturated carbocycles. The van der Waals surface area contributed by atoms with Crippen molar-refractivity contribution in [3.05, 3.63) is 60.3 Å². The Morgan fingerprint density at radius 3 is 2.88 bits per heavy atom. The van der Waals surface area contributed by atoms with E-state index in [0.717, 1.165) is 11.3 Å². The van der Waals surface area contributed by atoms with Gasteiger partial charge < -0.3 is 15.8 Å². The second-order valence-corrected chi connectivity index (χ2v) is 4.98. The summed E-state index contributed by atoms with van der Waals surface area (Å²) >= 11 is 0. The molecule has 3 N–H and O–H groups in total. The maximum Gasteiger partial charge on any atom is 0.278 e. The van der Waals surface area contributed by atoms with Crippen LogP contribution < -0.4 is 15.8 Å². The molecule has 0 fully saturated rings. The van der Waals surface area contributed by atoms with E-state index in [1.165, 1.54) is 12.4 Å². The average molecular weight is 324 g/mol. The van der Waals surface area contributed by atoms with E-state index < -0.39 is 5.91 Å². The van der Waals surface area contributed by atoms with E-state index in [4.69, 9.17) is 10.5 Å². The molecule has 0 atom stereocenters. The number of rotatable bonds is 5. The molecule has 0 aliphatic carbocycles. The molecule has 0 spiro atoms. The van der Waals surface area contributed by atoms with Gasteiger partial charge in [0.2, 0.25) is 0 Å². The molecular weight excluding hydrogens is 308 g/mol. The van der Waals surface area contributed by atoms with Crippen molar-refractivity contribution >= 4 is 17.4 Å². The number of methoxy groups -OCH3 is 1. The number of nitrogens with one attached hydrogen (secondary N) is 1. The SMILES string of the molecule is COc1ccccc1Cn1cc(NC(=O)c2nccnc2N)cn1. The van der Waals surface area contributed by atoms with Crippen molar-refractivity contribution in [1.82, 2.24) is 19.7 Å². The molecule has 0 radical (unpaired) electrons. The van der Waals surface area contributed by atoms with Crippen molar-refractivity contribution in [3.63, 3.8) is 0 Å². The summed E-state index contributed by atoms with van der Waals surface area (Å²) in [5.74, 6) is 0.430. The number of amides is 1. The van der Waals surface area contributed by atoms with Crippen molar-refractivity contribution in [3.8, 4) is 5.75 Å². The number of para-hydroxylation sites is 1. The van der Waals surface area contributed by atoms with Gasteiger partial charge in [-0.25, -0.2) is 9.97 Å². The van der Waals surface area contributed by atoms with Crippen LogP contribution in [0.15, 0.2) is 49.1 Å². The third-order valence-corrected chi connectivity index (χ3v) is 3.36. The summed E-state index contributed by atoms with van der Waals surface area (Å²) in [6.45, 7) is 0.521. The van der Waals surface area contributed by atoms with Crippen LogP contribution in [0.5, 0.6) is 5.75 Å². The average Bonchev–Trinajstić information content (AvgIpc) is 3.02. The van der Waals surface area contributed by atoms with Gasteiger partial charge in [-0.3, -0.25) is 9.48 Å². The van der Waals surface area contributed by atoms with E-state index in [1.54, 1.807) is 24.2 Å². The fourth-order valence-electron chi connectivity index (χ4n) is 2.24. The summed E-state index contributed by atoms with van der Waals surface area (Å²) in [7, 11) is 1.62. The standard InChI is InChI=1S/C16H16N6O2/c1-24-13-5-3-2-4-11(13)9-22-10-12(8-20-22)21-16(23)14-15(17)19-7-6-18-14/h2-8,10H,9H2,1H3,(H2,17,19)(H,21,23). The van der Waals surface area contributed by atoms with Gasteiger partial charge in [0, 0.05) is 24.2 Å². The third-order valence-electron chi connectivity index (χ3n) is 3.36. The monoisotopic (exact) mass is 324 g/mol. The molecule has 2 aromatic heterocycles. The van der Waals surface area contributed by atoms with Gasteiger partial charge in [0.15, 0.2) is 11.5 Å².